The van der Waals surface area contributed by atoms with E-state index in [1.54, 1.807) is 39.0 Å². The van der Waals surface area contributed by atoms with E-state index in [0.717, 1.165) is 6.07 Å². The molecule has 1 heterocycles. The van der Waals surface area contributed by atoms with Gasteiger partial charge in [-0.05, 0) is 51.1 Å². The zero-order chi connectivity index (χ0) is 22.8. The van der Waals surface area contributed by atoms with Crippen LogP contribution in [0.2, 0.25) is 0 Å². The molecule has 2 amide bonds. The number of carbonyl (C=O) groups is 2. The van der Waals surface area contributed by atoms with Crippen LogP contribution in [-0.4, -0.2) is 38.4 Å². The smallest absolute Gasteiger partial charge is 0.412 e. The standard InChI is InChI=1S/C20H21FN4O5S/c1-20(2,3)30-19(27)24-15-10-12(8-9-14(15)21)23-17(26)11-22-18-13-6-4-5-7-16(13)31(28,29)25-18/h4-10H,11H2,1-3H3,(H,22,25)(H,23,26)(H,24,27). The van der Waals surface area contributed by atoms with Gasteiger partial charge in [-0.1, -0.05) is 12.1 Å². The highest BCUT2D eigenvalue weighted by atomic mass is 32.2. The fourth-order valence-electron chi connectivity index (χ4n) is 2.72. The minimum Gasteiger partial charge on any atom is -0.444 e. The molecule has 0 radical (unpaired) electrons. The molecular weight excluding hydrogens is 427 g/mol. The Morgan fingerprint density at radius 3 is 2.55 bits per heavy atom. The minimum absolute atomic E-state index is 0.0668. The van der Waals surface area contributed by atoms with Crippen molar-refractivity contribution in [2.75, 3.05) is 17.2 Å². The summed E-state index contributed by atoms with van der Waals surface area (Å²) in [6.07, 6.45) is -0.839. The third kappa shape index (κ3) is 5.57. The number of hydrogen-bond acceptors (Lipinski definition) is 6. The molecule has 9 nitrogen and oxygen atoms in total. The van der Waals surface area contributed by atoms with Gasteiger partial charge in [-0.3, -0.25) is 19.8 Å². The van der Waals surface area contributed by atoms with E-state index in [1.165, 1.54) is 18.2 Å². The molecule has 2 aromatic rings. The van der Waals surface area contributed by atoms with Crippen LogP contribution in [0.1, 0.15) is 26.3 Å². The molecule has 1 aliphatic heterocycles. The molecule has 0 unspecified atom stereocenters. The quantitative estimate of drug-likeness (QED) is 0.663. The number of amides is 2. The van der Waals surface area contributed by atoms with Gasteiger partial charge >= 0.3 is 6.09 Å². The highest BCUT2D eigenvalue weighted by Crippen LogP contribution is 2.23. The van der Waals surface area contributed by atoms with Gasteiger partial charge in [0.15, 0.2) is 0 Å². The Morgan fingerprint density at radius 1 is 1.13 bits per heavy atom. The molecule has 0 saturated carbocycles. The average molecular weight is 448 g/mol. The van der Waals surface area contributed by atoms with Gasteiger partial charge in [-0.25, -0.2) is 17.6 Å². The number of anilines is 2. The molecular formula is C20H21FN4O5S. The van der Waals surface area contributed by atoms with Gasteiger partial charge in [0.25, 0.3) is 10.0 Å². The molecule has 0 saturated heterocycles. The number of hydrogen-bond donors (Lipinski definition) is 3. The molecule has 164 valence electrons. The van der Waals surface area contributed by atoms with Crippen molar-refractivity contribution < 1.29 is 27.1 Å². The number of halogens is 1. The van der Waals surface area contributed by atoms with E-state index in [2.05, 4.69) is 20.3 Å². The number of carbonyl (C=O) groups excluding carboxylic acids is 2. The van der Waals surface area contributed by atoms with Crippen molar-refractivity contribution in [2.24, 2.45) is 4.99 Å². The fourth-order valence-corrected chi connectivity index (χ4v) is 3.97. The minimum atomic E-state index is -3.70. The number of amidine groups is 1. The van der Waals surface area contributed by atoms with E-state index in [-0.39, 0.29) is 28.7 Å². The van der Waals surface area contributed by atoms with Crippen molar-refractivity contribution in [1.29, 1.82) is 0 Å². The Bertz CT molecular complexity index is 1170. The van der Waals surface area contributed by atoms with Crippen LogP contribution in [0.3, 0.4) is 0 Å². The van der Waals surface area contributed by atoms with Crippen LogP contribution in [0.5, 0.6) is 0 Å². The topological polar surface area (TPSA) is 126 Å². The Labute approximate surface area is 178 Å². The monoisotopic (exact) mass is 448 g/mol. The van der Waals surface area contributed by atoms with Crippen molar-refractivity contribution in [3.05, 3.63) is 53.8 Å². The van der Waals surface area contributed by atoms with E-state index >= 15 is 0 Å². The normalized spacial score (nSPS) is 15.7. The predicted octanol–water partition coefficient (Wildman–Crippen LogP) is 2.85. The van der Waals surface area contributed by atoms with E-state index < -0.39 is 33.4 Å². The summed E-state index contributed by atoms with van der Waals surface area (Å²) in [5, 5.41) is 4.80. The number of sulfonamides is 1. The zero-order valence-corrected chi connectivity index (χ0v) is 17.8. The Balaban J connectivity index is 1.68. The van der Waals surface area contributed by atoms with Gasteiger partial charge in [0.1, 0.15) is 23.8 Å². The molecule has 2 aromatic carbocycles. The Morgan fingerprint density at radius 2 is 1.84 bits per heavy atom. The number of nitrogens with one attached hydrogen (secondary N) is 3. The van der Waals surface area contributed by atoms with Crippen molar-refractivity contribution >= 4 is 39.2 Å². The number of nitrogens with zero attached hydrogens (tertiary/aromatic N) is 1. The zero-order valence-electron chi connectivity index (χ0n) is 17.0. The highest BCUT2D eigenvalue weighted by Gasteiger charge is 2.30. The second-order valence-electron chi connectivity index (χ2n) is 7.64. The van der Waals surface area contributed by atoms with E-state index in [1.807, 2.05) is 0 Å². The largest absolute Gasteiger partial charge is 0.444 e. The van der Waals surface area contributed by atoms with Crippen molar-refractivity contribution in [2.45, 2.75) is 31.3 Å². The predicted molar refractivity (Wildman–Crippen MR) is 113 cm³/mol. The van der Waals surface area contributed by atoms with Crippen LogP contribution in [0.15, 0.2) is 52.4 Å². The van der Waals surface area contributed by atoms with Gasteiger partial charge in [0.05, 0.1) is 10.6 Å². The summed E-state index contributed by atoms with van der Waals surface area (Å²) < 4.78 is 45.5. The lowest BCUT2D eigenvalue weighted by molar-refractivity contribution is -0.114. The summed E-state index contributed by atoms with van der Waals surface area (Å²) in [5.41, 5.74) is -0.340. The van der Waals surface area contributed by atoms with Gasteiger partial charge in [-0.15, -0.1) is 0 Å². The molecule has 0 atom stereocenters. The molecule has 0 fully saturated rings. The molecule has 3 N–H and O–H groups in total. The van der Waals surface area contributed by atoms with Crippen LogP contribution in [0, 0.1) is 5.82 Å². The number of ether oxygens (including phenoxy) is 1. The second-order valence-corrected chi connectivity index (χ2v) is 9.29. The van der Waals surface area contributed by atoms with Crippen molar-refractivity contribution in [1.82, 2.24) is 4.72 Å². The molecule has 1 aliphatic rings. The van der Waals surface area contributed by atoms with Crippen LogP contribution < -0.4 is 15.4 Å². The second kappa shape index (κ2) is 8.34. The van der Waals surface area contributed by atoms with E-state index in [4.69, 9.17) is 4.74 Å². The maximum absolute atomic E-state index is 14.0. The third-order valence-corrected chi connectivity index (χ3v) is 5.33. The van der Waals surface area contributed by atoms with Gasteiger partial charge in [0.2, 0.25) is 5.91 Å². The first kappa shape index (κ1) is 22.2. The number of benzene rings is 2. The molecule has 31 heavy (non-hydrogen) atoms. The lowest BCUT2D eigenvalue weighted by atomic mass is 10.2. The number of aliphatic imine (C=N–C) groups is 1. The summed E-state index contributed by atoms with van der Waals surface area (Å²) >= 11 is 0. The molecule has 11 heteroatoms. The lowest BCUT2D eigenvalue weighted by Gasteiger charge is -2.20. The maximum atomic E-state index is 14.0. The van der Waals surface area contributed by atoms with Crippen molar-refractivity contribution in [3.8, 4) is 0 Å². The third-order valence-electron chi connectivity index (χ3n) is 3.93. The number of rotatable bonds is 4. The van der Waals surface area contributed by atoms with Gasteiger partial charge in [0, 0.05) is 11.3 Å². The van der Waals surface area contributed by atoms with Gasteiger partial charge < -0.3 is 10.1 Å². The van der Waals surface area contributed by atoms with Crippen LogP contribution in [-0.2, 0) is 19.6 Å². The van der Waals surface area contributed by atoms with Crippen molar-refractivity contribution in [3.63, 3.8) is 0 Å². The summed E-state index contributed by atoms with van der Waals surface area (Å²) in [7, 11) is -3.70. The first-order valence-corrected chi connectivity index (χ1v) is 10.7. The SMILES string of the molecule is CC(C)(C)OC(=O)Nc1cc(NC(=O)CN=C2NS(=O)(=O)c3ccccc32)ccc1F. The first-order valence-electron chi connectivity index (χ1n) is 9.21. The molecule has 0 aliphatic carbocycles. The molecule has 3 rings (SSSR count). The summed E-state index contributed by atoms with van der Waals surface area (Å²) in [5.74, 6) is -1.20. The van der Waals surface area contributed by atoms with E-state index in [0.29, 0.717) is 5.56 Å². The molecule has 0 spiro atoms. The number of fused-ring (bicyclic) bond motifs is 1. The van der Waals surface area contributed by atoms with Crippen LogP contribution in [0.4, 0.5) is 20.6 Å². The summed E-state index contributed by atoms with van der Waals surface area (Å²) in [6, 6.07) is 9.90. The van der Waals surface area contributed by atoms with Crippen LogP contribution in [0.25, 0.3) is 0 Å². The van der Waals surface area contributed by atoms with Crippen LogP contribution >= 0.6 is 0 Å². The Hall–Kier alpha value is -3.47. The maximum Gasteiger partial charge on any atom is 0.412 e. The summed E-state index contributed by atoms with van der Waals surface area (Å²) in [6.45, 7) is 4.64. The molecule has 0 bridgehead atoms. The Kier molecular flexibility index (Phi) is 5.98. The van der Waals surface area contributed by atoms with E-state index in [9.17, 15) is 22.4 Å². The van der Waals surface area contributed by atoms with Gasteiger partial charge in [-0.2, -0.15) is 0 Å². The average Bonchev–Trinajstić information content (AvgIpc) is 2.92. The lowest BCUT2D eigenvalue weighted by Crippen LogP contribution is -2.27. The fraction of sp³-hybridized carbons (Fsp3) is 0.250. The highest BCUT2D eigenvalue weighted by molar-refractivity contribution is 7.90. The first-order chi connectivity index (χ1) is 14.4. The molecule has 0 aromatic heterocycles. The summed E-state index contributed by atoms with van der Waals surface area (Å²) in [4.78, 5) is 28.2.